The van der Waals surface area contributed by atoms with E-state index in [9.17, 15) is 13.7 Å². The van der Waals surface area contributed by atoms with Crippen LogP contribution in [0, 0.1) is 11.3 Å². The van der Waals surface area contributed by atoms with Gasteiger partial charge in [0, 0.05) is 29.9 Å². The van der Waals surface area contributed by atoms with E-state index < -0.39 is 10.0 Å². The van der Waals surface area contributed by atoms with Gasteiger partial charge in [-0.1, -0.05) is 6.07 Å². The minimum absolute atomic E-state index is 0.0415. The number of nitrogens with zero attached hydrogens (tertiary/aromatic N) is 4. The number of benzene rings is 1. The Morgan fingerprint density at radius 2 is 2.07 bits per heavy atom. The number of pyridine rings is 1. The lowest BCUT2D eigenvalue weighted by Gasteiger charge is -2.37. The van der Waals surface area contributed by atoms with Gasteiger partial charge in [-0.2, -0.15) is 5.26 Å². The van der Waals surface area contributed by atoms with Gasteiger partial charge in [0.2, 0.25) is 10.0 Å². The Bertz CT molecular complexity index is 1360. The van der Waals surface area contributed by atoms with Crippen molar-refractivity contribution in [1.82, 2.24) is 25.0 Å². The van der Waals surface area contributed by atoms with Gasteiger partial charge in [-0.05, 0) is 41.4 Å². The molecule has 0 spiro atoms. The van der Waals surface area contributed by atoms with E-state index in [0.29, 0.717) is 35.3 Å². The summed E-state index contributed by atoms with van der Waals surface area (Å²) in [4.78, 5) is 7.28. The van der Waals surface area contributed by atoms with Crippen molar-refractivity contribution < 1.29 is 13.0 Å². The molecule has 1 aliphatic carbocycles. The summed E-state index contributed by atoms with van der Waals surface area (Å²) < 4.78 is 32.9. The monoisotopic (exact) mass is 409 g/mol. The molecular formula is C18H15N7O3S. The molecule has 29 heavy (non-hydrogen) atoms. The molecule has 1 aliphatic rings. The zero-order valence-corrected chi connectivity index (χ0v) is 15.8. The molecular weight excluding hydrogens is 394 g/mol. The van der Waals surface area contributed by atoms with Crippen LogP contribution >= 0.6 is 0 Å². The van der Waals surface area contributed by atoms with Crippen molar-refractivity contribution in [1.29, 1.82) is 5.26 Å². The highest BCUT2D eigenvalue weighted by atomic mass is 32.2. The molecule has 3 N–H and O–H groups in total. The van der Waals surface area contributed by atoms with Crippen LogP contribution in [0.25, 0.3) is 22.1 Å². The smallest absolute Gasteiger partial charge is 0.243 e. The summed E-state index contributed by atoms with van der Waals surface area (Å²) in [6.07, 6.45) is 4.46. The Balaban J connectivity index is 1.30. The maximum atomic E-state index is 12.8. The van der Waals surface area contributed by atoms with Crippen LogP contribution in [-0.2, 0) is 10.0 Å². The molecule has 11 heteroatoms. The van der Waals surface area contributed by atoms with Crippen LogP contribution < -0.4 is 10.0 Å². The highest BCUT2D eigenvalue weighted by Gasteiger charge is 2.34. The number of hydrogen-bond acceptors (Lipinski definition) is 8. The van der Waals surface area contributed by atoms with Gasteiger partial charge in [-0.3, -0.25) is 0 Å². The summed E-state index contributed by atoms with van der Waals surface area (Å²) in [6, 6.07) is 8.53. The predicted molar refractivity (Wildman–Crippen MR) is 103 cm³/mol. The molecule has 1 saturated carbocycles. The first-order valence-electron chi connectivity index (χ1n) is 8.91. The molecule has 0 unspecified atom stereocenters. The Labute approximate surface area is 164 Å². The van der Waals surface area contributed by atoms with Gasteiger partial charge in [0.05, 0.1) is 11.3 Å². The van der Waals surface area contributed by atoms with E-state index in [1.807, 2.05) is 6.07 Å². The first kappa shape index (κ1) is 17.6. The van der Waals surface area contributed by atoms with Gasteiger partial charge in [0.15, 0.2) is 5.52 Å². The van der Waals surface area contributed by atoms with Crippen LogP contribution in [0.1, 0.15) is 18.4 Å². The number of H-pyrrole nitrogens is 1. The molecule has 0 radical (unpaired) electrons. The van der Waals surface area contributed by atoms with Crippen molar-refractivity contribution in [2.24, 2.45) is 0 Å². The zero-order chi connectivity index (χ0) is 20.0. The van der Waals surface area contributed by atoms with E-state index in [0.717, 1.165) is 5.39 Å². The number of rotatable bonds is 5. The van der Waals surface area contributed by atoms with Crippen molar-refractivity contribution in [3.63, 3.8) is 0 Å². The van der Waals surface area contributed by atoms with Crippen LogP contribution in [0.3, 0.4) is 0 Å². The molecule has 0 atom stereocenters. The number of nitriles is 1. The van der Waals surface area contributed by atoms with Gasteiger partial charge < -0.3 is 10.3 Å². The second-order valence-electron chi connectivity index (χ2n) is 6.92. The average Bonchev–Trinajstić information content (AvgIpc) is 3.34. The highest BCUT2D eigenvalue weighted by Crippen LogP contribution is 2.31. The predicted octanol–water partition coefficient (Wildman–Crippen LogP) is 1.89. The largest absolute Gasteiger partial charge is 0.380 e. The van der Waals surface area contributed by atoms with Crippen LogP contribution in [0.2, 0.25) is 0 Å². The molecule has 1 aromatic carbocycles. The molecule has 3 aromatic heterocycles. The number of sulfonamides is 1. The van der Waals surface area contributed by atoms with E-state index in [4.69, 9.17) is 0 Å². The summed E-state index contributed by atoms with van der Waals surface area (Å²) in [7, 11) is -3.76. The standard InChI is InChI=1S/C18H15N7O3S/c19-8-10-9-21-18-13(4-5-20-18)16(10)22-11-6-12(7-11)25-29(26,27)15-3-1-2-14-17(15)24-28-23-14/h1-5,9,11-12,25H,6-7H2,(H2,20,21,22)/t11-,12+. The first-order chi connectivity index (χ1) is 14.0. The number of fused-ring (bicyclic) bond motifs is 2. The molecule has 0 amide bonds. The third kappa shape index (κ3) is 2.98. The van der Waals surface area contributed by atoms with Gasteiger partial charge in [-0.25, -0.2) is 22.8 Å². The van der Waals surface area contributed by atoms with Crippen molar-refractivity contribution >= 4 is 37.8 Å². The molecule has 146 valence electrons. The van der Waals surface area contributed by atoms with Crippen molar-refractivity contribution in [2.45, 2.75) is 29.8 Å². The molecule has 5 rings (SSSR count). The van der Waals surface area contributed by atoms with Crippen LogP contribution in [0.15, 0.2) is 46.2 Å². The van der Waals surface area contributed by atoms with E-state index in [-0.39, 0.29) is 22.5 Å². The summed E-state index contributed by atoms with van der Waals surface area (Å²) in [5.74, 6) is 0. The maximum absolute atomic E-state index is 12.8. The van der Waals surface area contributed by atoms with Crippen molar-refractivity contribution in [2.75, 3.05) is 5.32 Å². The van der Waals surface area contributed by atoms with Gasteiger partial charge >= 0.3 is 0 Å². The molecule has 4 aromatic rings. The first-order valence-corrected chi connectivity index (χ1v) is 10.4. The number of anilines is 1. The van der Waals surface area contributed by atoms with Crippen molar-refractivity contribution in [3.8, 4) is 6.07 Å². The topological polar surface area (TPSA) is 150 Å². The van der Waals surface area contributed by atoms with E-state index in [1.54, 1.807) is 18.3 Å². The summed E-state index contributed by atoms with van der Waals surface area (Å²) >= 11 is 0. The maximum Gasteiger partial charge on any atom is 0.243 e. The van der Waals surface area contributed by atoms with Gasteiger partial charge in [0.1, 0.15) is 22.1 Å². The lowest BCUT2D eigenvalue weighted by atomic mass is 9.87. The summed E-state index contributed by atoms with van der Waals surface area (Å²) in [6.45, 7) is 0. The fraction of sp³-hybridized carbons (Fsp3) is 0.222. The molecule has 0 saturated heterocycles. The minimum atomic E-state index is -3.76. The molecule has 3 heterocycles. The lowest BCUT2D eigenvalue weighted by Crippen LogP contribution is -2.49. The third-order valence-corrected chi connectivity index (χ3v) is 6.61. The summed E-state index contributed by atoms with van der Waals surface area (Å²) in [5, 5.41) is 20.9. The number of aromatic nitrogens is 4. The summed E-state index contributed by atoms with van der Waals surface area (Å²) in [5.41, 5.74) is 2.45. The number of hydrogen-bond donors (Lipinski definition) is 3. The Kier molecular flexibility index (Phi) is 3.97. The SMILES string of the molecule is N#Cc1cnc2[nH]ccc2c1N[C@H]1C[C@@H](NS(=O)(=O)c2cccc3nonc23)C1. The zero-order valence-electron chi connectivity index (χ0n) is 15.0. The quantitative estimate of drug-likeness (QED) is 0.452. The van der Waals surface area contributed by atoms with Crippen molar-refractivity contribution in [3.05, 3.63) is 42.2 Å². The van der Waals surface area contributed by atoms with Gasteiger partial charge in [-0.15, -0.1) is 0 Å². The molecule has 1 fully saturated rings. The van der Waals surface area contributed by atoms with E-state index in [1.165, 1.54) is 12.3 Å². The minimum Gasteiger partial charge on any atom is -0.380 e. The Hall–Kier alpha value is -3.49. The Morgan fingerprint density at radius 1 is 1.21 bits per heavy atom. The molecule has 0 aliphatic heterocycles. The second kappa shape index (κ2) is 6.54. The van der Waals surface area contributed by atoms with Crippen LogP contribution in [-0.4, -0.2) is 40.8 Å². The van der Waals surface area contributed by atoms with E-state index in [2.05, 4.69) is 41.0 Å². The number of aromatic amines is 1. The van der Waals surface area contributed by atoms with Gasteiger partial charge in [0.25, 0.3) is 0 Å². The molecule has 10 nitrogen and oxygen atoms in total. The van der Waals surface area contributed by atoms with Crippen LogP contribution in [0.5, 0.6) is 0 Å². The molecule has 0 bridgehead atoms. The normalized spacial score (nSPS) is 19.1. The lowest BCUT2D eigenvalue weighted by molar-refractivity contribution is 0.315. The highest BCUT2D eigenvalue weighted by molar-refractivity contribution is 7.89. The third-order valence-electron chi connectivity index (χ3n) is 5.05. The van der Waals surface area contributed by atoms with E-state index >= 15 is 0 Å². The average molecular weight is 409 g/mol. The number of nitrogens with one attached hydrogen (secondary N) is 3. The fourth-order valence-electron chi connectivity index (χ4n) is 3.57. The second-order valence-corrected chi connectivity index (χ2v) is 8.60. The fourth-order valence-corrected chi connectivity index (χ4v) is 4.98. The van der Waals surface area contributed by atoms with Crippen LogP contribution in [0.4, 0.5) is 5.69 Å². The Morgan fingerprint density at radius 3 is 2.90 bits per heavy atom.